The number of ether oxygens (including phenoxy) is 1. The van der Waals surface area contributed by atoms with Crippen LogP contribution in [0.3, 0.4) is 0 Å². The van der Waals surface area contributed by atoms with Crippen molar-refractivity contribution < 1.29 is 14.3 Å². The first-order valence-electron chi connectivity index (χ1n) is 6.51. The quantitative estimate of drug-likeness (QED) is 0.857. The Labute approximate surface area is 123 Å². The molecule has 0 aliphatic rings. The first-order valence-corrected chi connectivity index (χ1v) is 6.51. The Bertz CT molecular complexity index is 668. The summed E-state index contributed by atoms with van der Waals surface area (Å²) in [5.74, 6) is 0.0113. The van der Waals surface area contributed by atoms with Crippen LogP contribution in [0.25, 0.3) is 0 Å². The van der Waals surface area contributed by atoms with E-state index < -0.39 is 0 Å². The lowest BCUT2D eigenvalue weighted by molar-refractivity contribution is -0.118. The zero-order valence-corrected chi connectivity index (χ0v) is 11.9. The van der Waals surface area contributed by atoms with Crippen LogP contribution in [0.1, 0.15) is 21.7 Å². The molecule has 0 aliphatic carbocycles. The standard InChI is InChI=1S/C16H16N2O3/c1-11-5-3-4-6-13(11)18-16(20)10-21-15-8-7-12(2)17-14(15)9-19/h3-9H,10H2,1-2H3,(H,18,20). The number of nitrogens with one attached hydrogen (secondary N) is 1. The van der Waals surface area contributed by atoms with Gasteiger partial charge in [0.15, 0.2) is 12.9 Å². The highest BCUT2D eigenvalue weighted by molar-refractivity contribution is 5.92. The van der Waals surface area contributed by atoms with Crippen molar-refractivity contribution in [2.24, 2.45) is 0 Å². The fraction of sp³-hybridized carbons (Fsp3) is 0.188. The van der Waals surface area contributed by atoms with E-state index in [9.17, 15) is 9.59 Å². The van der Waals surface area contributed by atoms with Gasteiger partial charge < -0.3 is 10.1 Å². The number of rotatable bonds is 5. The summed E-state index contributed by atoms with van der Waals surface area (Å²) in [6.07, 6.45) is 0.613. The average Bonchev–Trinajstić information content (AvgIpc) is 2.48. The molecule has 21 heavy (non-hydrogen) atoms. The summed E-state index contributed by atoms with van der Waals surface area (Å²) in [5.41, 5.74) is 2.62. The molecule has 0 saturated heterocycles. The number of aryl methyl sites for hydroxylation is 2. The number of benzene rings is 1. The van der Waals surface area contributed by atoms with Gasteiger partial charge in [-0.1, -0.05) is 18.2 Å². The van der Waals surface area contributed by atoms with Gasteiger partial charge in [0.1, 0.15) is 11.4 Å². The van der Waals surface area contributed by atoms with Crippen LogP contribution in [0.15, 0.2) is 36.4 Å². The van der Waals surface area contributed by atoms with Crippen LogP contribution in [0.4, 0.5) is 5.69 Å². The van der Waals surface area contributed by atoms with Gasteiger partial charge in [-0.05, 0) is 37.6 Å². The van der Waals surface area contributed by atoms with Crippen LogP contribution in [0.5, 0.6) is 5.75 Å². The van der Waals surface area contributed by atoms with Crippen molar-refractivity contribution in [1.82, 2.24) is 4.98 Å². The highest BCUT2D eigenvalue weighted by atomic mass is 16.5. The third-order valence-electron chi connectivity index (χ3n) is 2.91. The number of carbonyl (C=O) groups is 2. The summed E-state index contributed by atoms with van der Waals surface area (Å²) in [4.78, 5) is 26.8. The molecule has 108 valence electrons. The van der Waals surface area contributed by atoms with E-state index in [4.69, 9.17) is 4.74 Å². The summed E-state index contributed by atoms with van der Waals surface area (Å²) in [6, 6.07) is 10.8. The third-order valence-corrected chi connectivity index (χ3v) is 2.91. The number of hydrogen-bond acceptors (Lipinski definition) is 4. The van der Waals surface area contributed by atoms with Gasteiger partial charge >= 0.3 is 0 Å². The molecule has 0 aliphatic heterocycles. The van der Waals surface area contributed by atoms with E-state index in [2.05, 4.69) is 10.3 Å². The molecule has 0 atom stereocenters. The number of carbonyl (C=O) groups excluding carboxylic acids is 2. The minimum atomic E-state index is -0.290. The topological polar surface area (TPSA) is 68.3 Å². The molecule has 0 bridgehead atoms. The van der Waals surface area contributed by atoms with E-state index >= 15 is 0 Å². The SMILES string of the molecule is Cc1ccc(OCC(=O)Nc2ccccc2C)c(C=O)n1. The molecule has 1 N–H and O–H groups in total. The molecule has 0 spiro atoms. The number of hydrogen-bond donors (Lipinski definition) is 1. The predicted molar refractivity (Wildman–Crippen MR) is 79.7 cm³/mol. The molecule has 1 aromatic heterocycles. The Morgan fingerprint density at radius 1 is 1.24 bits per heavy atom. The monoisotopic (exact) mass is 284 g/mol. The number of para-hydroxylation sites is 1. The van der Waals surface area contributed by atoms with Crippen LogP contribution in [0.2, 0.25) is 0 Å². The lowest BCUT2D eigenvalue weighted by atomic mass is 10.2. The first kappa shape index (κ1) is 14.7. The fourth-order valence-corrected chi connectivity index (χ4v) is 1.81. The van der Waals surface area contributed by atoms with Gasteiger partial charge in [-0.15, -0.1) is 0 Å². The number of aromatic nitrogens is 1. The molecule has 0 saturated carbocycles. The van der Waals surface area contributed by atoms with E-state index in [1.54, 1.807) is 19.1 Å². The number of anilines is 1. The first-order chi connectivity index (χ1) is 10.1. The maximum atomic E-state index is 11.9. The minimum Gasteiger partial charge on any atom is -0.481 e. The third kappa shape index (κ3) is 3.89. The number of nitrogens with zero attached hydrogens (tertiary/aromatic N) is 1. The normalized spacial score (nSPS) is 10.0. The van der Waals surface area contributed by atoms with Crippen molar-refractivity contribution in [3.8, 4) is 5.75 Å². The highest BCUT2D eigenvalue weighted by Gasteiger charge is 2.09. The van der Waals surface area contributed by atoms with E-state index in [0.717, 1.165) is 11.3 Å². The zero-order valence-electron chi connectivity index (χ0n) is 11.9. The second kappa shape index (κ2) is 6.65. The van der Waals surface area contributed by atoms with Crippen LogP contribution >= 0.6 is 0 Å². The molecule has 0 unspecified atom stereocenters. The van der Waals surface area contributed by atoms with Crippen molar-refractivity contribution >= 4 is 17.9 Å². The lowest BCUT2D eigenvalue weighted by Gasteiger charge is -2.10. The van der Waals surface area contributed by atoms with Gasteiger partial charge in [0.05, 0.1) is 0 Å². The maximum absolute atomic E-state index is 11.9. The Balaban J connectivity index is 1.99. The molecule has 2 rings (SSSR count). The summed E-state index contributed by atoms with van der Waals surface area (Å²) in [6.45, 7) is 3.51. The van der Waals surface area contributed by atoms with Crippen molar-refractivity contribution in [1.29, 1.82) is 0 Å². The number of pyridine rings is 1. The van der Waals surface area contributed by atoms with Gasteiger partial charge in [-0.25, -0.2) is 4.98 Å². The van der Waals surface area contributed by atoms with Crippen molar-refractivity contribution in [2.75, 3.05) is 11.9 Å². The molecule has 0 radical (unpaired) electrons. The summed E-state index contributed by atoms with van der Waals surface area (Å²) in [5, 5.41) is 2.76. The van der Waals surface area contributed by atoms with E-state index in [1.807, 2.05) is 31.2 Å². The summed E-state index contributed by atoms with van der Waals surface area (Å²) < 4.78 is 5.35. The second-order valence-corrected chi connectivity index (χ2v) is 4.61. The maximum Gasteiger partial charge on any atom is 0.262 e. The van der Waals surface area contributed by atoms with E-state index in [-0.39, 0.29) is 18.2 Å². The Kier molecular flexibility index (Phi) is 4.66. The highest BCUT2D eigenvalue weighted by Crippen LogP contribution is 2.16. The van der Waals surface area contributed by atoms with Crippen LogP contribution < -0.4 is 10.1 Å². The molecule has 2 aromatic rings. The zero-order chi connectivity index (χ0) is 15.2. The van der Waals surface area contributed by atoms with Crippen LogP contribution in [-0.2, 0) is 4.79 Å². The van der Waals surface area contributed by atoms with Gasteiger partial charge in [0.25, 0.3) is 5.91 Å². The number of amides is 1. The minimum absolute atomic E-state index is 0.181. The largest absolute Gasteiger partial charge is 0.481 e. The van der Waals surface area contributed by atoms with Gasteiger partial charge in [0.2, 0.25) is 0 Å². The van der Waals surface area contributed by atoms with Crippen LogP contribution in [0, 0.1) is 13.8 Å². The second-order valence-electron chi connectivity index (χ2n) is 4.61. The molecule has 1 amide bonds. The molecule has 1 aromatic carbocycles. The van der Waals surface area contributed by atoms with Crippen molar-refractivity contribution in [2.45, 2.75) is 13.8 Å². The van der Waals surface area contributed by atoms with Crippen molar-refractivity contribution in [3.63, 3.8) is 0 Å². The molecular weight excluding hydrogens is 268 g/mol. The summed E-state index contributed by atoms with van der Waals surface area (Å²) in [7, 11) is 0. The smallest absolute Gasteiger partial charge is 0.262 e. The molecule has 1 heterocycles. The van der Waals surface area contributed by atoms with Gasteiger partial charge in [0, 0.05) is 11.4 Å². The Hall–Kier alpha value is -2.69. The predicted octanol–water partition coefficient (Wildman–Crippen LogP) is 2.53. The molecule has 5 heteroatoms. The summed E-state index contributed by atoms with van der Waals surface area (Å²) >= 11 is 0. The van der Waals surface area contributed by atoms with E-state index in [0.29, 0.717) is 17.7 Å². The van der Waals surface area contributed by atoms with Gasteiger partial charge in [-0.3, -0.25) is 9.59 Å². The van der Waals surface area contributed by atoms with Crippen molar-refractivity contribution in [3.05, 3.63) is 53.3 Å². The molecule has 0 fully saturated rings. The molecule has 5 nitrogen and oxygen atoms in total. The Morgan fingerprint density at radius 3 is 2.71 bits per heavy atom. The molecular formula is C16H16N2O3. The van der Waals surface area contributed by atoms with Crippen LogP contribution in [-0.4, -0.2) is 23.8 Å². The van der Waals surface area contributed by atoms with E-state index in [1.165, 1.54) is 0 Å². The van der Waals surface area contributed by atoms with Gasteiger partial charge in [-0.2, -0.15) is 0 Å². The lowest BCUT2D eigenvalue weighted by Crippen LogP contribution is -2.21. The number of aldehydes is 1. The fourth-order valence-electron chi connectivity index (χ4n) is 1.81. The average molecular weight is 284 g/mol. The Morgan fingerprint density at radius 2 is 2.00 bits per heavy atom.